The number of hydrogen-bond donors (Lipinski definition) is 1. The van der Waals surface area contributed by atoms with E-state index in [9.17, 15) is 4.79 Å². The van der Waals surface area contributed by atoms with Crippen molar-refractivity contribution in [2.75, 3.05) is 0 Å². The Morgan fingerprint density at radius 2 is 2.25 bits per heavy atom. The molecule has 0 radical (unpaired) electrons. The zero-order chi connectivity index (χ0) is 11.3. The summed E-state index contributed by atoms with van der Waals surface area (Å²) in [7, 11) is 0. The van der Waals surface area contributed by atoms with Crippen LogP contribution in [0.1, 0.15) is 25.1 Å². The molecule has 5 nitrogen and oxygen atoms in total. The number of nitrogens with one attached hydrogen (secondary N) is 1. The van der Waals surface area contributed by atoms with E-state index in [4.69, 9.17) is 0 Å². The van der Waals surface area contributed by atoms with E-state index in [1.807, 2.05) is 0 Å². The molecule has 1 N–H and O–H groups in total. The third kappa shape index (κ3) is 1.28. The van der Waals surface area contributed by atoms with E-state index in [0.29, 0.717) is 6.04 Å². The van der Waals surface area contributed by atoms with Crippen molar-refractivity contribution in [3.8, 4) is 0 Å². The monoisotopic (exact) mass is 218 g/mol. The first-order valence-electron chi connectivity index (χ1n) is 5.48. The van der Waals surface area contributed by atoms with E-state index in [-0.39, 0.29) is 5.56 Å². The van der Waals surface area contributed by atoms with Gasteiger partial charge in [0.2, 0.25) is 0 Å². The summed E-state index contributed by atoms with van der Waals surface area (Å²) >= 11 is 0. The molecule has 84 valence electrons. The first-order chi connectivity index (χ1) is 7.65. The predicted octanol–water partition coefficient (Wildman–Crippen LogP) is 0.747. The molecule has 0 unspecified atom stereocenters. The highest BCUT2D eigenvalue weighted by Gasteiger charge is 2.26. The molecular weight excluding hydrogens is 204 g/mol. The first-order valence-corrected chi connectivity index (χ1v) is 5.48. The number of aromatic amines is 1. The molecule has 5 heteroatoms. The number of H-pyrrole nitrogens is 1. The average molecular weight is 218 g/mol. The van der Waals surface area contributed by atoms with Gasteiger partial charge in [-0.25, -0.2) is 4.52 Å². The predicted molar refractivity (Wildman–Crippen MR) is 60.2 cm³/mol. The SMILES string of the molecule is CC(C)N1Cc2nn3ccc(=O)[nH]c3c2C1. The maximum Gasteiger partial charge on any atom is 0.251 e. The molecule has 0 saturated carbocycles. The molecular formula is C11H14N4O. The van der Waals surface area contributed by atoms with Gasteiger partial charge in [-0.15, -0.1) is 0 Å². The Kier molecular flexibility index (Phi) is 1.91. The van der Waals surface area contributed by atoms with Gasteiger partial charge < -0.3 is 4.98 Å². The van der Waals surface area contributed by atoms with E-state index in [1.54, 1.807) is 10.7 Å². The highest BCUT2D eigenvalue weighted by molar-refractivity contribution is 5.51. The molecule has 1 aliphatic rings. The minimum Gasteiger partial charge on any atom is -0.307 e. The maximum absolute atomic E-state index is 11.3. The third-order valence-electron chi connectivity index (χ3n) is 3.14. The summed E-state index contributed by atoms with van der Waals surface area (Å²) in [5.41, 5.74) is 3.01. The van der Waals surface area contributed by atoms with Gasteiger partial charge in [-0.3, -0.25) is 9.69 Å². The fourth-order valence-corrected chi connectivity index (χ4v) is 2.16. The standard InChI is InChI=1S/C11H14N4O/c1-7(2)14-5-8-9(6-14)13-15-4-3-10(16)12-11(8)15/h3-4,7H,5-6H2,1-2H3,(H,12,16). The molecule has 0 saturated heterocycles. The minimum absolute atomic E-state index is 0.0711. The van der Waals surface area contributed by atoms with Gasteiger partial charge in [0.15, 0.2) is 0 Å². The van der Waals surface area contributed by atoms with Gasteiger partial charge in [0, 0.05) is 37.0 Å². The molecule has 3 heterocycles. The molecule has 3 rings (SSSR count). The van der Waals surface area contributed by atoms with Crippen molar-refractivity contribution >= 4 is 5.65 Å². The fourth-order valence-electron chi connectivity index (χ4n) is 2.16. The number of rotatable bonds is 1. The second-order valence-electron chi connectivity index (χ2n) is 4.52. The quantitative estimate of drug-likeness (QED) is 0.768. The first kappa shape index (κ1) is 9.59. The van der Waals surface area contributed by atoms with Gasteiger partial charge in [-0.05, 0) is 13.8 Å². The van der Waals surface area contributed by atoms with E-state index in [0.717, 1.165) is 30.0 Å². The van der Waals surface area contributed by atoms with Crippen molar-refractivity contribution in [1.29, 1.82) is 0 Å². The molecule has 0 fully saturated rings. The van der Waals surface area contributed by atoms with Gasteiger partial charge in [0.05, 0.1) is 5.69 Å². The van der Waals surface area contributed by atoms with Crippen molar-refractivity contribution in [3.63, 3.8) is 0 Å². The van der Waals surface area contributed by atoms with Crippen LogP contribution in [-0.2, 0) is 13.1 Å². The van der Waals surface area contributed by atoms with Gasteiger partial charge in [-0.2, -0.15) is 5.10 Å². The normalized spacial score (nSPS) is 16.2. The van der Waals surface area contributed by atoms with Crippen LogP contribution in [0.2, 0.25) is 0 Å². The fraction of sp³-hybridized carbons (Fsp3) is 0.455. The van der Waals surface area contributed by atoms with Crippen LogP contribution < -0.4 is 5.56 Å². The Bertz CT molecular complexity index is 596. The third-order valence-corrected chi connectivity index (χ3v) is 3.14. The van der Waals surface area contributed by atoms with Crippen LogP contribution >= 0.6 is 0 Å². The summed E-state index contributed by atoms with van der Waals surface area (Å²) in [6.07, 6.45) is 1.71. The smallest absolute Gasteiger partial charge is 0.251 e. The maximum atomic E-state index is 11.3. The average Bonchev–Trinajstić information content (AvgIpc) is 2.75. The number of aromatic nitrogens is 3. The lowest BCUT2D eigenvalue weighted by molar-refractivity contribution is 0.225. The van der Waals surface area contributed by atoms with Crippen LogP contribution in [0.25, 0.3) is 5.65 Å². The summed E-state index contributed by atoms with van der Waals surface area (Å²) < 4.78 is 1.75. The van der Waals surface area contributed by atoms with E-state index in [1.165, 1.54) is 6.07 Å². The molecule has 0 atom stereocenters. The lowest BCUT2D eigenvalue weighted by Gasteiger charge is -2.19. The summed E-state index contributed by atoms with van der Waals surface area (Å²) in [5.74, 6) is 0. The summed E-state index contributed by atoms with van der Waals surface area (Å²) in [6, 6.07) is 2.00. The molecule has 1 aliphatic heterocycles. The highest BCUT2D eigenvalue weighted by Crippen LogP contribution is 2.25. The van der Waals surface area contributed by atoms with Gasteiger partial charge in [-0.1, -0.05) is 0 Å². The minimum atomic E-state index is -0.0711. The van der Waals surface area contributed by atoms with Crippen LogP contribution in [-0.4, -0.2) is 25.5 Å². The van der Waals surface area contributed by atoms with Gasteiger partial charge in [0.25, 0.3) is 5.56 Å². The largest absolute Gasteiger partial charge is 0.307 e. The zero-order valence-electron chi connectivity index (χ0n) is 9.40. The Balaban J connectivity index is 2.13. The van der Waals surface area contributed by atoms with Gasteiger partial charge in [0.1, 0.15) is 5.65 Å². The van der Waals surface area contributed by atoms with Crippen LogP contribution in [0.4, 0.5) is 0 Å². The molecule has 2 aromatic heterocycles. The molecule has 0 aliphatic carbocycles. The molecule has 0 spiro atoms. The Labute approximate surface area is 92.7 Å². The van der Waals surface area contributed by atoms with Crippen molar-refractivity contribution in [2.24, 2.45) is 0 Å². The van der Waals surface area contributed by atoms with Crippen molar-refractivity contribution in [1.82, 2.24) is 19.5 Å². The zero-order valence-corrected chi connectivity index (χ0v) is 9.40. The van der Waals surface area contributed by atoms with Gasteiger partial charge >= 0.3 is 0 Å². The van der Waals surface area contributed by atoms with Crippen molar-refractivity contribution < 1.29 is 0 Å². The molecule has 0 bridgehead atoms. The summed E-state index contributed by atoms with van der Waals surface area (Å²) in [6.45, 7) is 6.08. The second-order valence-corrected chi connectivity index (χ2v) is 4.52. The molecule has 2 aromatic rings. The highest BCUT2D eigenvalue weighted by atomic mass is 16.1. The topological polar surface area (TPSA) is 53.4 Å². The second kappa shape index (κ2) is 3.18. The number of fused-ring (bicyclic) bond motifs is 3. The number of nitrogens with zero attached hydrogens (tertiary/aromatic N) is 3. The van der Waals surface area contributed by atoms with E-state index >= 15 is 0 Å². The van der Waals surface area contributed by atoms with Crippen LogP contribution in [0, 0.1) is 0 Å². The Morgan fingerprint density at radius 1 is 1.44 bits per heavy atom. The van der Waals surface area contributed by atoms with Crippen LogP contribution in [0.5, 0.6) is 0 Å². The molecule has 0 amide bonds. The van der Waals surface area contributed by atoms with Crippen LogP contribution in [0.15, 0.2) is 17.1 Å². The lowest BCUT2D eigenvalue weighted by atomic mass is 10.3. The molecule has 16 heavy (non-hydrogen) atoms. The van der Waals surface area contributed by atoms with Crippen molar-refractivity contribution in [2.45, 2.75) is 33.0 Å². The van der Waals surface area contributed by atoms with Crippen LogP contribution in [0.3, 0.4) is 0 Å². The Morgan fingerprint density at radius 3 is 3.00 bits per heavy atom. The summed E-state index contributed by atoms with van der Waals surface area (Å²) in [5, 5.41) is 4.47. The summed E-state index contributed by atoms with van der Waals surface area (Å²) in [4.78, 5) is 16.5. The van der Waals surface area contributed by atoms with E-state index in [2.05, 4.69) is 28.8 Å². The molecule has 0 aromatic carbocycles. The lowest BCUT2D eigenvalue weighted by Crippen LogP contribution is -2.25. The Hall–Kier alpha value is -1.62. The van der Waals surface area contributed by atoms with Crippen molar-refractivity contribution in [3.05, 3.63) is 33.9 Å². The number of hydrogen-bond acceptors (Lipinski definition) is 3. The van der Waals surface area contributed by atoms with E-state index < -0.39 is 0 Å².